The molecule has 0 fully saturated rings. The maximum absolute atomic E-state index is 12.0. The second-order valence-corrected chi connectivity index (χ2v) is 5.50. The summed E-state index contributed by atoms with van der Waals surface area (Å²) in [5.41, 5.74) is 4.65. The van der Waals surface area contributed by atoms with Crippen LogP contribution in [0.1, 0.15) is 20.8 Å². The van der Waals surface area contributed by atoms with Crippen LogP contribution in [-0.2, 0) is 11.8 Å². The summed E-state index contributed by atoms with van der Waals surface area (Å²) in [5, 5.41) is 0.406. The zero-order chi connectivity index (χ0) is 15.6. The third-order valence-electron chi connectivity index (χ3n) is 2.50. The van der Waals surface area contributed by atoms with Crippen LogP contribution in [0.2, 0.25) is 0 Å². The van der Waals surface area contributed by atoms with Crippen LogP contribution in [0.15, 0.2) is 23.4 Å². The molecule has 0 radical (unpaired) electrons. The molecule has 1 amide bonds. The molecular weight excluding hydrogens is 274 g/mol. The smallest absolute Gasteiger partial charge is 0.426 e. The number of aryl methyl sites for hydroxylation is 1. The molecule has 0 saturated heterocycles. The van der Waals surface area contributed by atoms with Gasteiger partial charge in [-0.15, -0.1) is 0 Å². The van der Waals surface area contributed by atoms with Gasteiger partial charge in [-0.25, -0.2) is 20.2 Å². The van der Waals surface area contributed by atoms with Gasteiger partial charge in [0.25, 0.3) is 5.56 Å². The average Bonchev–Trinajstić information content (AvgIpc) is 2.39. The second kappa shape index (κ2) is 5.39. The number of nitrogens with zero attached hydrogens (tertiary/aromatic N) is 3. The highest BCUT2D eigenvalue weighted by Gasteiger charge is 2.15. The van der Waals surface area contributed by atoms with Gasteiger partial charge in [-0.05, 0) is 26.8 Å². The first-order valence-electron chi connectivity index (χ1n) is 6.33. The third kappa shape index (κ3) is 3.68. The highest BCUT2D eigenvalue weighted by atomic mass is 16.6. The molecule has 8 nitrogen and oxygen atoms in total. The molecule has 2 rings (SSSR count). The van der Waals surface area contributed by atoms with Gasteiger partial charge in [0.15, 0.2) is 0 Å². The summed E-state index contributed by atoms with van der Waals surface area (Å²) in [7, 11) is 1.61. The van der Waals surface area contributed by atoms with Crippen LogP contribution in [0.25, 0.3) is 10.9 Å². The number of amides is 1. The van der Waals surface area contributed by atoms with Crippen LogP contribution in [0, 0.1) is 0 Å². The van der Waals surface area contributed by atoms with Crippen molar-refractivity contribution < 1.29 is 9.53 Å². The van der Waals surface area contributed by atoms with Crippen LogP contribution in [0.5, 0.6) is 0 Å². The van der Waals surface area contributed by atoms with Crippen molar-refractivity contribution in [1.29, 1.82) is 0 Å². The summed E-state index contributed by atoms with van der Waals surface area (Å²) >= 11 is 0. The molecule has 0 aliphatic heterocycles. The Morgan fingerprint density at radius 3 is 2.71 bits per heavy atom. The molecular formula is C13H17N5O3. The summed E-state index contributed by atoms with van der Waals surface area (Å²) in [6, 6.07) is 1.52. The molecule has 2 aromatic heterocycles. The Morgan fingerprint density at radius 2 is 2.05 bits per heavy atom. The van der Waals surface area contributed by atoms with E-state index in [1.165, 1.54) is 23.2 Å². The lowest BCUT2D eigenvalue weighted by Crippen LogP contribution is -2.36. The van der Waals surface area contributed by atoms with E-state index in [4.69, 9.17) is 4.74 Å². The van der Waals surface area contributed by atoms with Crippen molar-refractivity contribution in [3.8, 4) is 0 Å². The number of ether oxygens (including phenoxy) is 1. The fourth-order valence-corrected chi connectivity index (χ4v) is 1.60. The number of carbonyl (C=O) groups excluding carboxylic acids is 1. The monoisotopic (exact) mass is 291 g/mol. The standard InChI is InChI=1S/C13H17N5O3/c1-13(2,3)21-12(20)17-16-10-5-8-9(6-14-10)15-7-18(4)11(8)19/h5-7H,1-4H3,(H,14,16)(H,17,20). The van der Waals surface area contributed by atoms with E-state index in [0.29, 0.717) is 16.7 Å². The highest BCUT2D eigenvalue weighted by Crippen LogP contribution is 2.10. The summed E-state index contributed by atoms with van der Waals surface area (Å²) in [6.45, 7) is 5.28. The van der Waals surface area contributed by atoms with Crippen LogP contribution in [-0.4, -0.2) is 26.2 Å². The van der Waals surface area contributed by atoms with Crippen molar-refractivity contribution >= 4 is 22.8 Å². The van der Waals surface area contributed by atoms with Gasteiger partial charge in [-0.2, -0.15) is 0 Å². The zero-order valence-electron chi connectivity index (χ0n) is 12.3. The number of carbonyl (C=O) groups is 1. The zero-order valence-corrected chi connectivity index (χ0v) is 12.3. The fraction of sp³-hybridized carbons (Fsp3) is 0.385. The molecule has 0 saturated carbocycles. The first kappa shape index (κ1) is 14.8. The van der Waals surface area contributed by atoms with E-state index in [1.807, 2.05) is 0 Å². The largest absolute Gasteiger partial charge is 0.443 e. The van der Waals surface area contributed by atoms with Gasteiger partial charge in [0.05, 0.1) is 23.4 Å². The van der Waals surface area contributed by atoms with Crippen molar-refractivity contribution in [1.82, 2.24) is 20.0 Å². The quantitative estimate of drug-likeness (QED) is 0.806. The van der Waals surface area contributed by atoms with Crippen molar-refractivity contribution in [2.45, 2.75) is 26.4 Å². The van der Waals surface area contributed by atoms with E-state index in [9.17, 15) is 9.59 Å². The van der Waals surface area contributed by atoms with E-state index in [2.05, 4.69) is 20.8 Å². The predicted octanol–water partition coefficient (Wildman–Crippen LogP) is 1.18. The number of hydrogen-bond acceptors (Lipinski definition) is 6. The molecule has 0 atom stereocenters. The molecule has 2 N–H and O–H groups in total. The minimum absolute atomic E-state index is 0.192. The summed E-state index contributed by atoms with van der Waals surface area (Å²) in [5.74, 6) is 0.318. The maximum atomic E-state index is 12.0. The molecule has 21 heavy (non-hydrogen) atoms. The Hall–Kier alpha value is -2.64. The molecule has 2 aromatic rings. The van der Waals surface area contributed by atoms with Gasteiger partial charge >= 0.3 is 6.09 Å². The minimum atomic E-state index is -0.636. The van der Waals surface area contributed by atoms with E-state index >= 15 is 0 Å². The molecule has 112 valence electrons. The lowest BCUT2D eigenvalue weighted by Gasteiger charge is -2.19. The average molecular weight is 291 g/mol. The maximum Gasteiger partial charge on any atom is 0.426 e. The SMILES string of the molecule is Cn1cnc2cnc(NNC(=O)OC(C)(C)C)cc2c1=O. The molecule has 0 unspecified atom stereocenters. The Morgan fingerprint density at radius 1 is 1.33 bits per heavy atom. The van der Waals surface area contributed by atoms with Crippen LogP contribution >= 0.6 is 0 Å². The summed E-state index contributed by atoms with van der Waals surface area (Å²) < 4.78 is 6.44. The molecule has 0 aliphatic carbocycles. The van der Waals surface area contributed by atoms with Crippen LogP contribution in [0.3, 0.4) is 0 Å². The van der Waals surface area contributed by atoms with Gasteiger partial charge in [-0.1, -0.05) is 0 Å². The molecule has 0 bridgehead atoms. The van der Waals surface area contributed by atoms with Crippen molar-refractivity contribution in [2.75, 3.05) is 5.43 Å². The Kier molecular flexibility index (Phi) is 3.79. The van der Waals surface area contributed by atoms with Gasteiger partial charge in [0.2, 0.25) is 0 Å². The summed E-state index contributed by atoms with van der Waals surface area (Å²) in [6.07, 6.45) is 2.25. The Labute approximate surface area is 121 Å². The number of hydrazine groups is 1. The number of pyridine rings is 1. The minimum Gasteiger partial charge on any atom is -0.443 e. The van der Waals surface area contributed by atoms with Gasteiger partial charge in [-0.3, -0.25) is 10.2 Å². The van der Waals surface area contributed by atoms with E-state index in [-0.39, 0.29) is 5.56 Å². The number of nitrogens with one attached hydrogen (secondary N) is 2. The second-order valence-electron chi connectivity index (χ2n) is 5.50. The topological polar surface area (TPSA) is 98.1 Å². The van der Waals surface area contributed by atoms with Gasteiger partial charge < -0.3 is 9.30 Å². The number of aromatic nitrogens is 3. The van der Waals surface area contributed by atoms with E-state index < -0.39 is 11.7 Å². The number of anilines is 1. The fourth-order valence-electron chi connectivity index (χ4n) is 1.60. The van der Waals surface area contributed by atoms with E-state index in [0.717, 1.165) is 0 Å². The Balaban J connectivity index is 2.15. The molecule has 0 spiro atoms. The van der Waals surface area contributed by atoms with Crippen molar-refractivity contribution in [3.63, 3.8) is 0 Å². The van der Waals surface area contributed by atoms with E-state index in [1.54, 1.807) is 27.8 Å². The summed E-state index contributed by atoms with van der Waals surface area (Å²) in [4.78, 5) is 31.6. The third-order valence-corrected chi connectivity index (χ3v) is 2.50. The molecule has 0 aromatic carbocycles. The first-order valence-corrected chi connectivity index (χ1v) is 6.33. The number of hydrogen-bond donors (Lipinski definition) is 2. The first-order chi connectivity index (χ1) is 9.76. The lowest BCUT2D eigenvalue weighted by molar-refractivity contribution is 0.0541. The predicted molar refractivity (Wildman–Crippen MR) is 77.8 cm³/mol. The molecule has 8 heteroatoms. The Bertz CT molecular complexity index is 733. The van der Waals surface area contributed by atoms with Crippen molar-refractivity contribution in [2.24, 2.45) is 7.05 Å². The van der Waals surface area contributed by atoms with Crippen LogP contribution < -0.4 is 16.4 Å². The molecule has 0 aliphatic rings. The number of fused-ring (bicyclic) bond motifs is 1. The van der Waals surface area contributed by atoms with Gasteiger partial charge in [0, 0.05) is 7.05 Å². The normalized spacial score (nSPS) is 11.2. The lowest BCUT2D eigenvalue weighted by atomic mass is 10.2. The van der Waals surface area contributed by atoms with Crippen LogP contribution in [0.4, 0.5) is 10.6 Å². The van der Waals surface area contributed by atoms with Gasteiger partial charge in [0.1, 0.15) is 11.4 Å². The molecule has 2 heterocycles. The highest BCUT2D eigenvalue weighted by molar-refractivity contribution is 5.79. The van der Waals surface area contributed by atoms with Crippen molar-refractivity contribution in [3.05, 3.63) is 28.9 Å². The number of rotatable bonds is 2.